The molecule has 4 nitrogen and oxygen atoms in total. The molecule has 4 rings (SSSR count). The van der Waals surface area contributed by atoms with E-state index in [-0.39, 0.29) is 5.91 Å². The summed E-state index contributed by atoms with van der Waals surface area (Å²) in [5.41, 5.74) is 3.23. The summed E-state index contributed by atoms with van der Waals surface area (Å²) in [6.45, 7) is 0.952. The van der Waals surface area contributed by atoms with Gasteiger partial charge in [0.2, 0.25) is 0 Å². The summed E-state index contributed by atoms with van der Waals surface area (Å²) in [7, 11) is 0. The summed E-state index contributed by atoms with van der Waals surface area (Å²) in [4.78, 5) is 27.0. The Morgan fingerprint density at radius 1 is 0.923 bits per heavy atom. The molecule has 4 heteroatoms. The van der Waals surface area contributed by atoms with Crippen molar-refractivity contribution in [1.29, 1.82) is 0 Å². The zero-order valence-corrected chi connectivity index (χ0v) is 14.8. The van der Waals surface area contributed by atoms with Crippen molar-refractivity contribution < 1.29 is 14.7 Å². The van der Waals surface area contributed by atoms with Crippen LogP contribution < -0.4 is 0 Å². The van der Waals surface area contributed by atoms with Gasteiger partial charge in [0.1, 0.15) is 0 Å². The first-order valence-electron chi connectivity index (χ1n) is 9.31. The van der Waals surface area contributed by atoms with Gasteiger partial charge in [-0.15, -0.1) is 0 Å². The van der Waals surface area contributed by atoms with Crippen molar-refractivity contribution >= 4 is 11.9 Å². The van der Waals surface area contributed by atoms with Gasteiger partial charge in [0.05, 0.1) is 5.41 Å². The number of hydrogen-bond donors (Lipinski definition) is 1. The van der Waals surface area contributed by atoms with Gasteiger partial charge >= 0.3 is 5.97 Å². The van der Waals surface area contributed by atoms with Crippen LogP contribution in [-0.4, -0.2) is 35.0 Å². The monoisotopic (exact) mass is 349 g/mol. The second kappa shape index (κ2) is 6.60. The summed E-state index contributed by atoms with van der Waals surface area (Å²) < 4.78 is 0. The molecule has 0 atom stereocenters. The molecule has 1 amide bonds. The minimum Gasteiger partial charge on any atom is -0.481 e. The summed E-state index contributed by atoms with van der Waals surface area (Å²) >= 11 is 0. The number of carboxylic acid groups (broad SMARTS) is 1. The van der Waals surface area contributed by atoms with E-state index in [0.717, 1.165) is 30.4 Å². The molecule has 1 heterocycles. The van der Waals surface area contributed by atoms with E-state index in [1.165, 1.54) is 11.1 Å². The first kappa shape index (κ1) is 16.8. The zero-order chi connectivity index (χ0) is 18.1. The topological polar surface area (TPSA) is 57.6 Å². The molecule has 1 N–H and O–H groups in total. The lowest BCUT2D eigenvalue weighted by Gasteiger charge is -2.39. The van der Waals surface area contributed by atoms with Crippen LogP contribution in [0.1, 0.15) is 46.3 Å². The Balaban J connectivity index is 1.56. The molecule has 0 bridgehead atoms. The Bertz CT molecular complexity index is 836. The van der Waals surface area contributed by atoms with Crippen LogP contribution in [0.2, 0.25) is 0 Å². The predicted octanol–water partition coefficient (Wildman–Crippen LogP) is 3.43. The number of carbonyl (C=O) groups is 2. The minimum atomic E-state index is -0.892. The average Bonchev–Trinajstić information content (AvgIpc) is 3.17. The summed E-state index contributed by atoms with van der Waals surface area (Å²) in [5.74, 6) is -0.743. The molecule has 1 aliphatic heterocycles. The zero-order valence-electron chi connectivity index (χ0n) is 14.8. The van der Waals surface area contributed by atoms with E-state index >= 15 is 0 Å². The Kier molecular flexibility index (Phi) is 4.27. The second-order valence-corrected chi connectivity index (χ2v) is 7.34. The van der Waals surface area contributed by atoms with Crippen molar-refractivity contribution in [3.8, 4) is 0 Å². The quantitative estimate of drug-likeness (QED) is 0.923. The fraction of sp³-hybridized carbons (Fsp3) is 0.364. The van der Waals surface area contributed by atoms with Gasteiger partial charge in [-0.1, -0.05) is 42.5 Å². The summed E-state index contributed by atoms with van der Waals surface area (Å²) in [6, 6.07) is 15.4. The lowest BCUT2D eigenvalue weighted by atomic mass is 9.72. The van der Waals surface area contributed by atoms with Crippen LogP contribution in [0.15, 0.2) is 48.5 Å². The highest BCUT2D eigenvalue weighted by atomic mass is 16.4. The maximum atomic E-state index is 13.1. The number of carbonyl (C=O) groups excluding carboxylic acids is 1. The van der Waals surface area contributed by atoms with E-state index in [9.17, 15) is 14.7 Å². The normalized spacial score (nSPS) is 18.4. The van der Waals surface area contributed by atoms with Gasteiger partial charge in [-0.2, -0.15) is 0 Å². The molecule has 1 aliphatic carbocycles. The lowest BCUT2D eigenvalue weighted by molar-refractivity contribution is -0.145. The Hall–Kier alpha value is -2.62. The first-order valence-corrected chi connectivity index (χ1v) is 9.31. The van der Waals surface area contributed by atoms with Gasteiger partial charge in [0, 0.05) is 18.7 Å². The van der Waals surface area contributed by atoms with Crippen LogP contribution in [0.3, 0.4) is 0 Å². The van der Waals surface area contributed by atoms with Gasteiger partial charge in [-0.05, 0) is 54.9 Å². The van der Waals surface area contributed by atoms with Gasteiger partial charge < -0.3 is 10.0 Å². The Morgan fingerprint density at radius 2 is 1.65 bits per heavy atom. The molecule has 2 aliphatic rings. The largest absolute Gasteiger partial charge is 0.481 e. The number of amides is 1. The fourth-order valence-corrected chi connectivity index (χ4v) is 4.47. The fourth-order valence-electron chi connectivity index (χ4n) is 4.47. The molecule has 2 aromatic rings. The third kappa shape index (κ3) is 2.70. The van der Waals surface area contributed by atoms with Gasteiger partial charge in [0.15, 0.2) is 0 Å². The van der Waals surface area contributed by atoms with E-state index in [2.05, 4.69) is 6.07 Å². The molecule has 0 radical (unpaired) electrons. The minimum absolute atomic E-state index is 0.0517. The molecule has 1 saturated heterocycles. The molecule has 2 aromatic carbocycles. The van der Waals surface area contributed by atoms with Crippen LogP contribution in [0.25, 0.3) is 0 Å². The van der Waals surface area contributed by atoms with Gasteiger partial charge in [0.25, 0.3) is 5.91 Å². The maximum absolute atomic E-state index is 13.1. The number of likely N-dealkylation sites (tertiary alicyclic amines) is 1. The van der Waals surface area contributed by atoms with E-state index in [1.54, 1.807) is 0 Å². The molecule has 0 unspecified atom stereocenters. The van der Waals surface area contributed by atoms with Crippen LogP contribution in [0, 0.1) is 0 Å². The number of aliphatic carboxylic acids is 1. The number of rotatable bonds is 3. The van der Waals surface area contributed by atoms with Crippen molar-refractivity contribution in [2.75, 3.05) is 13.1 Å². The van der Waals surface area contributed by atoms with E-state index < -0.39 is 11.4 Å². The van der Waals surface area contributed by atoms with E-state index in [0.29, 0.717) is 25.9 Å². The second-order valence-electron chi connectivity index (χ2n) is 7.34. The van der Waals surface area contributed by atoms with Crippen molar-refractivity contribution in [3.05, 3.63) is 70.8 Å². The molecule has 134 valence electrons. The molecular formula is C22H23NO3. The lowest BCUT2D eigenvalue weighted by Crippen LogP contribution is -2.49. The van der Waals surface area contributed by atoms with Gasteiger partial charge in [-0.3, -0.25) is 9.59 Å². The van der Waals surface area contributed by atoms with Gasteiger partial charge in [-0.25, -0.2) is 0 Å². The SMILES string of the molecule is O=C(c1cccc2c1CCC2)N1CCC(C(=O)O)(c2ccccc2)CC1. The van der Waals surface area contributed by atoms with Crippen LogP contribution >= 0.6 is 0 Å². The van der Waals surface area contributed by atoms with Crippen LogP contribution in [0.4, 0.5) is 0 Å². The smallest absolute Gasteiger partial charge is 0.314 e. The number of aryl methyl sites for hydroxylation is 1. The Morgan fingerprint density at radius 3 is 2.35 bits per heavy atom. The molecule has 1 fully saturated rings. The number of benzene rings is 2. The summed E-state index contributed by atoms with van der Waals surface area (Å²) in [5, 5.41) is 9.91. The number of piperidine rings is 1. The van der Waals surface area contributed by atoms with Crippen LogP contribution in [-0.2, 0) is 23.1 Å². The number of carboxylic acids is 1. The maximum Gasteiger partial charge on any atom is 0.314 e. The summed E-state index contributed by atoms with van der Waals surface area (Å²) in [6.07, 6.45) is 4.02. The molecule has 26 heavy (non-hydrogen) atoms. The highest BCUT2D eigenvalue weighted by Gasteiger charge is 2.44. The average molecular weight is 349 g/mol. The third-order valence-electron chi connectivity index (χ3n) is 6.02. The molecule has 0 aromatic heterocycles. The van der Waals surface area contributed by atoms with E-state index in [1.807, 2.05) is 47.4 Å². The molecular weight excluding hydrogens is 326 g/mol. The number of nitrogens with zero attached hydrogens (tertiary/aromatic N) is 1. The van der Waals surface area contributed by atoms with Crippen molar-refractivity contribution in [3.63, 3.8) is 0 Å². The first-order chi connectivity index (χ1) is 12.6. The van der Waals surface area contributed by atoms with Crippen LogP contribution in [0.5, 0.6) is 0 Å². The van der Waals surface area contributed by atoms with Crippen molar-refractivity contribution in [2.24, 2.45) is 0 Å². The number of fused-ring (bicyclic) bond motifs is 1. The van der Waals surface area contributed by atoms with E-state index in [4.69, 9.17) is 0 Å². The van der Waals surface area contributed by atoms with Crippen molar-refractivity contribution in [2.45, 2.75) is 37.5 Å². The third-order valence-corrected chi connectivity index (χ3v) is 6.02. The highest BCUT2D eigenvalue weighted by Crippen LogP contribution is 2.37. The predicted molar refractivity (Wildman–Crippen MR) is 99.4 cm³/mol. The highest BCUT2D eigenvalue weighted by molar-refractivity contribution is 5.96. The standard InChI is InChI=1S/C22H23NO3/c24-20(19-11-5-7-16-6-4-10-18(16)19)23-14-12-22(13-15-23,21(25)26)17-8-2-1-3-9-17/h1-3,5,7-9,11H,4,6,10,12-15H2,(H,25,26). The number of hydrogen-bond acceptors (Lipinski definition) is 2. The molecule has 0 saturated carbocycles. The van der Waals surface area contributed by atoms with Crippen molar-refractivity contribution in [1.82, 2.24) is 4.90 Å². The molecule has 0 spiro atoms. The Labute approximate surface area is 153 Å².